The molecule has 0 saturated carbocycles. The van der Waals surface area contributed by atoms with Crippen LogP contribution in [0.15, 0.2) is 24.3 Å². The summed E-state index contributed by atoms with van der Waals surface area (Å²) in [6.45, 7) is 2.46. The lowest BCUT2D eigenvalue weighted by atomic mass is 10.0. The zero-order valence-corrected chi connectivity index (χ0v) is 12.0. The van der Waals surface area contributed by atoms with Crippen LogP contribution in [0.2, 0.25) is 0 Å². The molecular formula is C16H22N2O2. The topological polar surface area (TPSA) is 41.6 Å². The standard InChI is InChI=1S/C16H22N2O2/c1-18(10-12-5-4-8-20-11-12)16(19)15-9-13-6-2-3-7-14(13)17-15/h2-3,6-7,12,15,17H,4-5,8-11H2,1H3/t12?,15-/m0/s1. The van der Waals surface area contributed by atoms with Gasteiger partial charge in [0.1, 0.15) is 6.04 Å². The lowest BCUT2D eigenvalue weighted by molar-refractivity contribution is -0.131. The molecule has 1 fully saturated rings. The van der Waals surface area contributed by atoms with Gasteiger partial charge in [0.2, 0.25) is 5.91 Å². The summed E-state index contributed by atoms with van der Waals surface area (Å²) in [5, 5.41) is 3.33. The van der Waals surface area contributed by atoms with Crippen molar-refractivity contribution in [2.45, 2.75) is 25.3 Å². The first-order valence-electron chi connectivity index (χ1n) is 7.41. The van der Waals surface area contributed by atoms with Gasteiger partial charge in [-0.15, -0.1) is 0 Å². The Morgan fingerprint density at radius 2 is 2.30 bits per heavy atom. The van der Waals surface area contributed by atoms with Gasteiger partial charge in [0.05, 0.1) is 6.61 Å². The van der Waals surface area contributed by atoms with Crippen LogP contribution in [0.3, 0.4) is 0 Å². The quantitative estimate of drug-likeness (QED) is 0.915. The Morgan fingerprint density at radius 3 is 3.05 bits per heavy atom. The average Bonchev–Trinajstić information content (AvgIpc) is 2.91. The van der Waals surface area contributed by atoms with Gasteiger partial charge in [-0.25, -0.2) is 0 Å². The van der Waals surface area contributed by atoms with Crippen LogP contribution in [-0.4, -0.2) is 43.7 Å². The predicted octanol–water partition coefficient (Wildman–Crippen LogP) is 1.91. The molecule has 1 aromatic rings. The summed E-state index contributed by atoms with van der Waals surface area (Å²) in [6, 6.07) is 8.04. The van der Waals surface area contributed by atoms with Crippen molar-refractivity contribution in [3.63, 3.8) is 0 Å². The van der Waals surface area contributed by atoms with E-state index in [1.165, 1.54) is 5.56 Å². The number of carbonyl (C=O) groups excluding carboxylic acids is 1. The van der Waals surface area contributed by atoms with Crippen LogP contribution in [-0.2, 0) is 16.0 Å². The number of hydrogen-bond donors (Lipinski definition) is 1. The number of anilines is 1. The zero-order chi connectivity index (χ0) is 13.9. The smallest absolute Gasteiger partial charge is 0.245 e. The number of benzene rings is 1. The number of hydrogen-bond acceptors (Lipinski definition) is 3. The monoisotopic (exact) mass is 274 g/mol. The Hall–Kier alpha value is -1.55. The van der Waals surface area contributed by atoms with E-state index in [9.17, 15) is 4.79 Å². The SMILES string of the molecule is CN(CC1CCCOC1)C(=O)[C@@H]1Cc2ccccc2N1. The van der Waals surface area contributed by atoms with Gasteiger partial charge in [0.15, 0.2) is 0 Å². The van der Waals surface area contributed by atoms with Gasteiger partial charge in [-0.1, -0.05) is 18.2 Å². The first kappa shape index (κ1) is 13.4. The Kier molecular flexibility index (Phi) is 3.92. The fourth-order valence-electron chi connectivity index (χ4n) is 3.14. The number of para-hydroxylation sites is 1. The molecule has 1 amide bonds. The van der Waals surface area contributed by atoms with Crippen molar-refractivity contribution in [2.24, 2.45) is 5.92 Å². The van der Waals surface area contributed by atoms with Crippen molar-refractivity contribution in [1.29, 1.82) is 0 Å². The van der Waals surface area contributed by atoms with Crippen molar-refractivity contribution in [3.05, 3.63) is 29.8 Å². The van der Waals surface area contributed by atoms with Gasteiger partial charge in [0.25, 0.3) is 0 Å². The van der Waals surface area contributed by atoms with Crippen molar-refractivity contribution >= 4 is 11.6 Å². The average molecular weight is 274 g/mol. The molecule has 0 radical (unpaired) electrons. The van der Waals surface area contributed by atoms with E-state index in [2.05, 4.69) is 11.4 Å². The highest BCUT2D eigenvalue weighted by atomic mass is 16.5. The fraction of sp³-hybridized carbons (Fsp3) is 0.562. The number of rotatable bonds is 3. The van der Waals surface area contributed by atoms with Crippen LogP contribution in [0.4, 0.5) is 5.69 Å². The normalized spacial score (nSPS) is 24.9. The molecule has 1 N–H and O–H groups in total. The summed E-state index contributed by atoms with van der Waals surface area (Å²) in [4.78, 5) is 14.4. The molecule has 20 heavy (non-hydrogen) atoms. The van der Waals surface area contributed by atoms with Gasteiger partial charge in [0, 0.05) is 32.3 Å². The molecular weight excluding hydrogens is 252 g/mol. The molecule has 108 valence electrons. The molecule has 1 aromatic carbocycles. The number of amides is 1. The maximum absolute atomic E-state index is 12.5. The first-order chi connectivity index (χ1) is 9.74. The second-order valence-corrected chi connectivity index (χ2v) is 5.86. The van der Waals surface area contributed by atoms with Gasteiger partial charge in [-0.3, -0.25) is 4.79 Å². The van der Waals surface area contributed by atoms with E-state index < -0.39 is 0 Å². The molecule has 0 spiro atoms. The van der Waals surface area contributed by atoms with Crippen molar-refractivity contribution in [2.75, 3.05) is 32.1 Å². The largest absolute Gasteiger partial charge is 0.381 e. The molecule has 2 heterocycles. The maximum atomic E-state index is 12.5. The van der Waals surface area contributed by atoms with Crippen molar-refractivity contribution in [3.8, 4) is 0 Å². The number of nitrogens with zero attached hydrogens (tertiary/aromatic N) is 1. The number of carbonyl (C=O) groups is 1. The van der Waals surface area contributed by atoms with E-state index in [1.807, 2.05) is 30.1 Å². The van der Waals surface area contributed by atoms with Crippen LogP contribution in [0.25, 0.3) is 0 Å². The number of likely N-dealkylation sites (N-methyl/N-ethyl adjacent to an activating group) is 1. The Balaban J connectivity index is 1.57. The third-order valence-electron chi connectivity index (χ3n) is 4.23. The van der Waals surface area contributed by atoms with E-state index in [-0.39, 0.29) is 11.9 Å². The zero-order valence-electron chi connectivity index (χ0n) is 12.0. The fourth-order valence-corrected chi connectivity index (χ4v) is 3.14. The minimum atomic E-state index is -0.109. The number of ether oxygens (including phenoxy) is 1. The third kappa shape index (κ3) is 2.80. The summed E-state index contributed by atoms with van der Waals surface area (Å²) in [5.74, 6) is 0.674. The summed E-state index contributed by atoms with van der Waals surface area (Å²) in [7, 11) is 1.90. The van der Waals surface area contributed by atoms with Crippen molar-refractivity contribution in [1.82, 2.24) is 4.90 Å². The highest BCUT2D eigenvalue weighted by Gasteiger charge is 2.29. The second kappa shape index (κ2) is 5.83. The highest BCUT2D eigenvalue weighted by Crippen LogP contribution is 2.26. The molecule has 4 nitrogen and oxygen atoms in total. The van der Waals surface area contributed by atoms with E-state index in [0.29, 0.717) is 5.92 Å². The maximum Gasteiger partial charge on any atom is 0.245 e. The summed E-state index contributed by atoms with van der Waals surface area (Å²) in [5.41, 5.74) is 2.33. The molecule has 0 bridgehead atoms. The predicted molar refractivity (Wildman–Crippen MR) is 78.7 cm³/mol. The van der Waals surface area contributed by atoms with Gasteiger partial charge >= 0.3 is 0 Å². The van der Waals surface area contributed by atoms with Crippen LogP contribution < -0.4 is 5.32 Å². The lowest BCUT2D eigenvalue weighted by Gasteiger charge is -2.28. The van der Waals surface area contributed by atoms with E-state index in [4.69, 9.17) is 4.74 Å². The molecule has 2 atom stereocenters. The molecule has 0 aromatic heterocycles. The van der Waals surface area contributed by atoms with Crippen molar-refractivity contribution < 1.29 is 9.53 Å². The van der Waals surface area contributed by atoms with Gasteiger partial charge < -0.3 is 15.0 Å². The van der Waals surface area contributed by atoms with E-state index >= 15 is 0 Å². The molecule has 3 rings (SSSR count). The van der Waals surface area contributed by atoms with Crippen LogP contribution >= 0.6 is 0 Å². The second-order valence-electron chi connectivity index (χ2n) is 5.86. The third-order valence-corrected chi connectivity index (χ3v) is 4.23. The molecule has 2 aliphatic heterocycles. The highest BCUT2D eigenvalue weighted by molar-refractivity contribution is 5.87. The van der Waals surface area contributed by atoms with Gasteiger partial charge in [-0.2, -0.15) is 0 Å². The number of fused-ring (bicyclic) bond motifs is 1. The minimum absolute atomic E-state index is 0.109. The Morgan fingerprint density at radius 1 is 1.45 bits per heavy atom. The van der Waals surface area contributed by atoms with Gasteiger partial charge in [-0.05, 0) is 30.4 Å². The molecule has 1 saturated heterocycles. The summed E-state index contributed by atoms with van der Waals surface area (Å²) in [6.07, 6.45) is 3.07. The Bertz CT molecular complexity index is 458. The van der Waals surface area contributed by atoms with E-state index in [0.717, 1.165) is 44.7 Å². The summed E-state index contributed by atoms with van der Waals surface area (Å²) >= 11 is 0. The lowest BCUT2D eigenvalue weighted by Crippen LogP contribution is -2.43. The van der Waals surface area contributed by atoms with Crippen LogP contribution in [0, 0.1) is 5.92 Å². The molecule has 4 heteroatoms. The van der Waals surface area contributed by atoms with E-state index in [1.54, 1.807) is 0 Å². The number of nitrogens with one attached hydrogen (secondary N) is 1. The molecule has 0 aliphatic carbocycles. The molecule has 1 unspecified atom stereocenters. The minimum Gasteiger partial charge on any atom is -0.381 e. The molecule has 2 aliphatic rings. The summed E-state index contributed by atoms with van der Waals surface area (Å²) < 4.78 is 5.49. The van der Waals surface area contributed by atoms with Crippen LogP contribution in [0.1, 0.15) is 18.4 Å². The first-order valence-corrected chi connectivity index (χ1v) is 7.41. The van der Waals surface area contributed by atoms with Crippen LogP contribution in [0.5, 0.6) is 0 Å². The Labute approximate surface area is 120 Å².